The second-order valence-corrected chi connectivity index (χ2v) is 8.41. The number of piperidine rings is 1. The van der Waals surface area contributed by atoms with E-state index in [9.17, 15) is 14.7 Å². The molecule has 8 heteroatoms. The molecule has 28 heavy (non-hydrogen) atoms. The average molecular weight is 389 g/mol. The van der Waals surface area contributed by atoms with Gasteiger partial charge in [0.2, 0.25) is 0 Å². The first-order valence-electron chi connectivity index (χ1n) is 9.85. The lowest BCUT2D eigenvalue weighted by Gasteiger charge is -2.37. The van der Waals surface area contributed by atoms with Gasteiger partial charge in [-0.2, -0.15) is 0 Å². The van der Waals surface area contributed by atoms with Crippen molar-refractivity contribution < 1.29 is 23.8 Å². The summed E-state index contributed by atoms with van der Waals surface area (Å²) in [6.45, 7) is 2.22. The number of ether oxygens (including phenoxy) is 1. The quantitative estimate of drug-likeness (QED) is 0.734. The SMILES string of the molecule is COc1c(N2C[C@@H]3C(CN)[C@@H]3C2)c(F)cc2c1N(C1CC1)CC(C(=O)O)C2=O. The van der Waals surface area contributed by atoms with Crippen LogP contribution in [0.25, 0.3) is 0 Å². The van der Waals surface area contributed by atoms with Crippen LogP contribution in [0.5, 0.6) is 5.75 Å². The van der Waals surface area contributed by atoms with Crippen molar-refractivity contribution in [3.05, 3.63) is 17.4 Å². The van der Waals surface area contributed by atoms with Crippen LogP contribution < -0.4 is 20.3 Å². The summed E-state index contributed by atoms with van der Waals surface area (Å²) < 4.78 is 20.8. The summed E-state index contributed by atoms with van der Waals surface area (Å²) in [4.78, 5) is 28.3. The molecular formula is C20H24FN3O4. The van der Waals surface area contributed by atoms with E-state index in [1.807, 2.05) is 9.80 Å². The van der Waals surface area contributed by atoms with Crippen LogP contribution in [0.3, 0.4) is 0 Å². The van der Waals surface area contributed by atoms with Gasteiger partial charge in [-0.15, -0.1) is 0 Å². The number of fused-ring (bicyclic) bond motifs is 2. The van der Waals surface area contributed by atoms with Crippen LogP contribution in [0.1, 0.15) is 23.2 Å². The molecule has 0 bridgehead atoms. The van der Waals surface area contributed by atoms with E-state index < -0.39 is 23.5 Å². The summed E-state index contributed by atoms with van der Waals surface area (Å²) in [5, 5.41) is 9.47. The predicted octanol–water partition coefficient (Wildman–Crippen LogP) is 1.34. The van der Waals surface area contributed by atoms with Crippen LogP contribution in [0.2, 0.25) is 0 Å². The molecule has 2 aliphatic carbocycles. The molecule has 1 aromatic carbocycles. The van der Waals surface area contributed by atoms with Crippen molar-refractivity contribution in [2.45, 2.75) is 18.9 Å². The number of benzene rings is 1. The second-order valence-electron chi connectivity index (χ2n) is 8.41. The van der Waals surface area contributed by atoms with Crippen LogP contribution in [0.4, 0.5) is 15.8 Å². The van der Waals surface area contributed by atoms with Gasteiger partial charge in [0, 0.05) is 31.2 Å². The third-order valence-corrected chi connectivity index (χ3v) is 6.88. The summed E-state index contributed by atoms with van der Waals surface area (Å²) in [6, 6.07) is 1.39. The smallest absolute Gasteiger partial charge is 0.316 e. The number of methoxy groups -OCH3 is 1. The number of carboxylic acids is 1. The van der Waals surface area contributed by atoms with Gasteiger partial charge in [0.15, 0.2) is 17.3 Å². The highest BCUT2D eigenvalue weighted by molar-refractivity contribution is 6.14. The highest BCUT2D eigenvalue weighted by Crippen LogP contribution is 2.55. The van der Waals surface area contributed by atoms with Gasteiger partial charge in [-0.1, -0.05) is 0 Å². The van der Waals surface area contributed by atoms with Gasteiger partial charge in [-0.05, 0) is 43.2 Å². The number of nitrogens with zero attached hydrogens (tertiary/aromatic N) is 2. The Morgan fingerprint density at radius 3 is 2.50 bits per heavy atom. The number of carboxylic acid groups (broad SMARTS) is 1. The van der Waals surface area contributed by atoms with Crippen LogP contribution >= 0.6 is 0 Å². The number of aliphatic carboxylic acids is 1. The number of anilines is 2. The van der Waals surface area contributed by atoms with E-state index in [0.29, 0.717) is 41.4 Å². The highest BCUT2D eigenvalue weighted by atomic mass is 19.1. The fourth-order valence-electron chi connectivity index (χ4n) is 5.22. The van der Waals surface area contributed by atoms with Crippen molar-refractivity contribution in [2.24, 2.45) is 29.4 Å². The lowest BCUT2D eigenvalue weighted by Crippen LogP contribution is -2.44. The molecule has 0 amide bonds. The van der Waals surface area contributed by atoms with Crippen LogP contribution in [-0.2, 0) is 4.79 Å². The minimum absolute atomic E-state index is 0.105. The topological polar surface area (TPSA) is 96.1 Å². The number of carbonyl (C=O) groups excluding carboxylic acids is 1. The van der Waals surface area contributed by atoms with Gasteiger partial charge in [0.25, 0.3) is 0 Å². The Kier molecular flexibility index (Phi) is 3.84. The van der Waals surface area contributed by atoms with Crippen LogP contribution in [-0.4, -0.2) is 56.2 Å². The number of Topliss-reactive ketones (excluding diaryl/α,β-unsaturated/α-hetero) is 1. The minimum atomic E-state index is -1.17. The van der Waals surface area contributed by atoms with E-state index >= 15 is 4.39 Å². The third kappa shape index (κ3) is 2.43. The number of carbonyl (C=O) groups is 2. The number of ketones is 1. The summed E-state index contributed by atoms with van der Waals surface area (Å²) in [5.41, 5.74) is 6.85. The molecule has 0 radical (unpaired) electrons. The van der Waals surface area contributed by atoms with Gasteiger partial charge in [-0.3, -0.25) is 9.59 Å². The molecule has 150 valence electrons. The second kappa shape index (κ2) is 6.07. The number of nitrogens with two attached hydrogens (primary N) is 1. The summed E-state index contributed by atoms with van der Waals surface area (Å²) >= 11 is 0. The first kappa shape index (κ1) is 17.7. The zero-order chi connectivity index (χ0) is 19.7. The molecule has 7 nitrogen and oxygen atoms in total. The zero-order valence-corrected chi connectivity index (χ0v) is 15.7. The van der Waals surface area contributed by atoms with Crippen molar-refractivity contribution in [2.75, 3.05) is 43.1 Å². The molecule has 2 aliphatic heterocycles. The van der Waals surface area contributed by atoms with Gasteiger partial charge >= 0.3 is 5.97 Å². The molecule has 2 unspecified atom stereocenters. The number of hydrogen-bond donors (Lipinski definition) is 2. The molecule has 3 N–H and O–H groups in total. The van der Waals surface area contributed by atoms with Gasteiger partial charge < -0.3 is 25.4 Å². The molecule has 4 atom stereocenters. The maximum Gasteiger partial charge on any atom is 0.316 e. The maximum absolute atomic E-state index is 15.2. The standard InChI is InChI=1S/C20H24FN3O4/c1-28-19-16-10(18(25)14(20(26)27)8-24(16)9-2-3-9)4-15(21)17(19)23-6-12-11(5-22)13(12)7-23/h4,9,11-14H,2-3,5-8,22H2,1H3,(H,26,27)/t11?,12-,13+,14?. The molecule has 3 fully saturated rings. The normalized spacial score (nSPS) is 30.9. The predicted molar refractivity (Wildman–Crippen MR) is 101 cm³/mol. The Bertz CT molecular complexity index is 859. The summed E-state index contributed by atoms with van der Waals surface area (Å²) in [6.07, 6.45) is 1.86. The lowest BCUT2D eigenvalue weighted by molar-refractivity contribution is -0.139. The Hall–Kier alpha value is -2.35. The van der Waals surface area contributed by atoms with E-state index in [2.05, 4.69) is 0 Å². The first-order chi connectivity index (χ1) is 13.5. The molecule has 1 saturated heterocycles. The highest BCUT2D eigenvalue weighted by Gasteiger charge is 2.55. The molecule has 2 heterocycles. The number of hydrogen-bond acceptors (Lipinski definition) is 6. The van der Waals surface area contributed by atoms with E-state index in [1.165, 1.54) is 13.2 Å². The molecule has 2 saturated carbocycles. The van der Waals surface area contributed by atoms with Crippen LogP contribution in [0.15, 0.2) is 6.07 Å². The minimum Gasteiger partial charge on any atom is -0.492 e. The Morgan fingerprint density at radius 2 is 1.96 bits per heavy atom. The Morgan fingerprint density at radius 1 is 1.29 bits per heavy atom. The van der Waals surface area contributed by atoms with Gasteiger partial charge in [-0.25, -0.2) is 4.39 Å². The van der Waals surface area contributed by atoms with Crippen molar-refractivity contribution in [1.29, 1.82) is 0 Å². The largest absolute Gasteiger partial charge is 0.492 e. The summed E-state index contributed by atoms with van der Waals surface area (Å²) in [5.74, 6) is -1.57. The van der Waals surface area contributed by atoms with E-state index in [0.717, 1.165) is 25.9 Å². The molecule has 5 rings (SSSR count). The molecule has 4 aliphatic rings. The zero-order valence-electron chi connectivity index (χ0n) is 15.7. The first-order valence-corrected chi connectivity index (χ1v) is 9.85. The van der Waals surface area contributed by atoms with E-state index in [4.69, 9.17) is 10.5 Å². The maximum atomic E-state index is 15.2. The molecular weight excluding hydrogens is 365 g/mol. The molecule has 0 spiro atoms. The van der Waals surface area contributed by atoms with Crippen LogP contribution in [0, 0.1) is 29.5 Å². The van der Waals surface area contributed by atoms with Crippen molar-refractivity contribution >= 4 is 23.1 Å². The van der Waals surface area contributed by atoms with E-state index in [1.54, 1.807) is 0 Å². The molecule has 1 aromatic rings. The van der Waals surface area contributed by atoms with Crippen molar-refractivity contribution in [3.63, 3.8) is 0 Å². The van der Waals surface area contributed by atoms with E-state index in [-0.39, 0.29) is 18.2 Å². The van der Waals surface area contributed by atoms with Gasteiger partial charge in [0.1, 0.15) is 11.6 Å². The third-order valence-electron chi connectivity index (χ3n) is 6.88. The van der Waals surface area contributed by atoms with Crippen molar-refractivity contribution in [1.82, 2.24) is 0 Å². The van der Waals surface area contributed by atoms with Crippen molar-refractivity contribution in [3.8, 4) is 5.75 Å². The monoisotopic (exact) mass is 389 g/mol. The Balaban J connectivity index is 1.59. The average Bonchev–Trinajstić information content (AvgIpc) is 3.58. The fraction of sp³-hybridized carbons (Fsp3) is 0.600. The fourth-order valence-corrected chi connectivity index (χ4v) is 5.22. The number of rotatable bonds is 5. The van der Waals surface area contributed by atoms with Gasteiger partial charge in [0.05, 0.1) is 12.8 Å². The molecule has 0 aromatic heterocycles. The summed E-state index contributed by atoms with van der Waals surface area (Å²) in [7, 11) is 1.48. The Labute approximate surface area is 162 Å². The lowest BCUT2D eigenvalue weighted by atomic mass is 9.89. The number of halogens is 1.